The van der Waals surface area contributed by atoms with Crippen molar-refractivity contribution >= 4 is 5.97 Å². The third-order valence-corrected chi connectivity index (χ3v) is 6.54. The van der Waals surface area contributed by atoms with Gasteiger partial charge < -0.3 is 28.4 Å². The van der Waals surface area contributed by atoms with Gasteiger partial charge in [-0.2, -0.15) is 0 Å². The molecule has 38 heavy (non-hydrogen) atoms. The summed E-state index contributed by atoms with van der Waals surface area (Å²) in [6, 6.07) is 29.9. The third kappa shape index (κ3) is 8.21. The van der Waals surface area contributed by atoms with Gasteiger partial charge in [0.1, 0.15) is 18.8 Å². The molecule has 4 rings (SSSR count). The Hall–Kier alpha value is -3.07. The van der Waals surface area contributed by atoms with Crippen LogP contribution in [0.1, 0.15) is 23.6 Å². The minimum absolute atomic E-state index is 0.121. The number of hydrogen-bond donors (Lipinski definition) is 0. The molecule has 0 saturated carbocycles. The predicted octanol–water partition coefficient (Wildman–Crippen LogP) is 4.92. The van der Waals surface area contributed by atoms with E-state index < -0.39 is 24.5 Å². The van der Waals surface area contributed by atoms with E-state index in [0.29, 0.717) is 26.4 Å². The molecule has 0 radical (unpaired) electrons. The number of carbonyl (C=O) groups excluding carboxylic acids is 1. The Morgan fingerprint density at radius 1 is 0.711 bits per heavy atom. The van der Waals surface area contributed by atoms with Crippen LogP contribution in [0.4, 0.5) is 0 Å². The first-order valence-corrected chi connectivity index (χ1v) is 12.9. The summed E-state index contributed by atoms with van der Waals surface area (Å²) in [6.07, 6.45) is -2.04. The summed E-state index contributed by atoms with van der Waals surface area (Å²) in [6.45, 7) is 3.36. The average molecular weight is 521 g/mol. The van der Waals surface area contributed by atoms with Crippen molar-refractivity contribution in [3.8, 4) is 0 Å². The smallest absolute Gasteiger partial charge is 0.331 e. The molecule has 0 aromatic heterocycles. The first-order chi connectivity index (χ1) is 18.6. The van der Waals surface area contributed by atoms with Crippen LogP contribution in [-0.2, 0) is 53.0 Å². The molecule has 2 unspecified atom stereocenters. The highest BCUT2D eigenvalue weighted by Gasteiger charge is 2.46. The largest absolute Gasteiger partial charge is 0.467 e. The lowest BCUT2D eigenvalue weighted by molar-refractivity contribution is -0.307. The second-order valence-corrected chi connectivity index (χ2v) is 9.31. The highest BCUT2D eigenvalue weighted by atomic mass is 16.7. The maximum atomic E-state index is 11.9. The first-order valence-electron chi connectivity index (χ1n) is 12.9. The SMILES string of the molecule is COC(=O)CO[C@@H]1OC(COCc2ccccc2)[C@H](OCc2ccccc2)[C@H](C)C1OCc1ccccc1. The van der Waals surface area contributed by atoms with Gasteiger partial charge in [-0.3, -0.25) is 0 Å². The number of rotatable bonds is 13. The summed E-state index contributed by atoms with van der Waals surface area (Å²) in [5, 5.41) is 0. The zero-order valence-corrected chi connectivity index (χ0v) is 21.9. The van der Waals surface area contributed by atoms with Crippen LogP contribution in [0, 0.1) is 5.92 Å². The van der Waals surface area contributed by atoms with E-state index in [9.17, 15) is 4.79 Å². The molecule has 7 heteroatoms. The van der Waals surface area contributed by atoms with Gasteiger partial charge in [-0.05, 0) is 16.7 Å². The molecule has 0 aliphatic carbocycles. The summed E-state index contributed by atoms with van der Waals surface area (Å²) in [5.74, 6) is -0.605. The van der Waals surface area contributed by atoms with Gasteiger partial charge in [0, 0.05) is 5.92 Å². The molecule has 1 aliphatic rings. The van der Waals surface area contributed by atoms with Crippen LogP contribution in [0.2, 0.25) is 0 Å². The van der Waals surface area contributed by atoms with E-state index in [1.165, 1.54) is 7.11 Å². The van der Waals surface area contributed by atoms with E-state index in [1.54, 1.807) is 0 Å². The Balaban J connectivity index is 1.49. The zero-order chi connectivity index (χ0) is 26.6. The van der Waals surface area contributed by atoms with Crippen molar-refractivity contribution in [1.29, 1.82) is 0 Å². The highest BCUT2D eigenvalue weighted by molar-refractivity contribution is 5.70. The fourth-order valence-corrected chi connectivity index (χ4v) is 4.47. The molecular formula is C31H36O7. The molecule has 1 fully saturated rings. The summed E-state index contributed by atoms with van der Waals surface area (Å²) in [7, 11) is 1.33. The minimum atomic E-state index is -0.797. The van der Waals surface area contributed by atoms with Crippen LogP contribution in [0.25, 0.3) is 0 Å². The molecule has 1 aliphatic heterocycles. The molecule has 0 N–H and O–H groups in total. The van der Waals surface area contributed by atoms with Crippen molar-refractivity contribution in [3.05, 3.63) is 108 Å². The molecule has 0 amide bonds. The molecule has 0 bridgehead atoms. The van der Waals surface area contributed by atoms with Crippen molar-refractivity contribution in [2.45, 2.75) is 51.3 Å². The summed E-state index contributed by atoms with van der Waals surface area (Å²) in [4.78, 5) is 11.9. The number of benzene rings is 3. The Morgan fingerprint density at radius 2 is 1.21 bits per heavy atom. The van der Waals surface area contributed by atoms with Crippen LogP contribution >= 0.6 is 0 Å². The van der Waals surface area contributed by atoms with Crippen LogP contribution in [0.3, 0.4) is 0 Å². The second-order valence-electron chi connectivity index (χ2n) is 9.31. The fraction of sp³-hybridized carbons (Fsp3) is 0.387. The van der Waals surface area contributed by atoms with Gasteiger partial charge in [-0.1, -0.05) is 97.9 Å². The number of hydrogen-bond acceptors (Lipinski definition) is 7. The van der Waals surface area contributed by atoms with E-state index in [-0.39, 0.29) is 18.6 Å². The van der Waals surface area contributed by atoms with Crippen LogP contribution in [0.15, 0.2) is 91.0 Å². The Kier molecular flexibility index (Phi) is 10.9. The molecule has 1 heterocycles. The van der Waals surface area contributed by atoms with E-state index in [4.69, 9.17) is 28.4 Å². The average Bonchev–Trinajstić information content (AvgIpc) is 2.96. The standard InChI is InChI=1S/C31H36O7/c1-23-29(35-19-25-14-8-4-9-15-25)27(21-34-18-24-12-6-3-7-13-24)38-31(37-22-28(32)33-2)30(23)36-20-26-16-10-5-11-17-26/h3-17,23,27,29-31H,18-22H2,1-2H3/t23-,27?,29+,30?,31+/m0/s1. The lowest BCUT2D eigenvalue weighted by Gasteiger charge is -2.45. The summed E-state index contributed by atoms with van der Waals surface area (Å²) in [5.41, 5.74) is 3.16. The minimum Gasteiger partial charge on any atom is -0.467 e. The maximum absolute atomic E-state index is 11.9. The van der Waals surface area contributed by atoms with Crippen molar-refractivity contribution < 1.29 is 33.2 Å². The number of ether oxygens (including phenoxy) is 6. The Labute approximate surface area is 224 Å². The van der Waals surface area contributed by atoms with E-state index in [1.807, 2.05) is 91.0 Å². The van der Waals surface area contributed by atoms with E-state index in [0.717, 1.165) is 16.7 Å². The van der Waals surface area contributed by atoms with Crippen LogP contribution < -0.4 is 0 Å². The van der Waals surface area contributed by atoms with Gasteiger partial charge >= 0.3 is 5.97 Å². The molecule has 3 aromatic carbocycles. The number of carbonyl (C=O) groups is 1. The topological polar surface area (TPSA) is 72.5 Å². The zero-order valence-electron chi connectivity index (χ0n) is 21.9. The van der Waals surface area contributed by atoms with Gasteiger partial charge in [0.15, 0.2) is 6.29 Å². The van der Waals surface area contributed by atoms with Gasteiger partial charge in [0.25, 0.3) is 0 Å². The molecule has 3 aromatic rings. The quantitative estimate of drug-likeness (QED) is 0.296. The van der Waals surface area contributed by atoms with E-state index >= 15 is 0 Å². The second kappa shape index (κ2) is 14.8. The lowest BCUT2D eigenvalue weighted by Crippen LogP contribution is -2.57. The predicted molar refractivity (Wildman–Crippen MR) is 142 cm³/mol. The van der Waals surface area contributed by atoms with Crippen molar-refractivity contribution in [1.82, 2.24) is 0 Å². The molecule has 7 nitrogen and oxygen atoms in total. The normalized spacial score (nSPS) is 23.2. The monoisotopic (exact) mass is 520 g/mol. The fourth-order valence-electron chi connectivity index (χ4n) is 4.47. The van der Waals surface area contributed by atoms with Crippen LogP contribution in [0.5, 0.6) is 0 Å². The highest BCUT2D eigenvalue weighted by Crippen LogP contribution is 2.33. The van der Waals surface area contributed by atoms with Gasteiger partial charge in [-0.15, -0.1) is 0 Å². The van der Waals surface area contributed by atoms with Crippen molar-refractivity contribution in [3.63, 3.8) is 0 Å². The van der Waals surface area contributed by atoms with Crippen molar-refractivity contribution in [2.24, 2.45) is 5.92 Å². The van der Waals surface area contributed by atoms with E-state index in [2.05, 4.69) is 6.92 Å². The van der Waals surface area contributed by atoms with Gasteiger partial charge in [-0.25, -0.2) is 4.79 Å². The van der Waals surface area contributed by atoms with Crippen molar-refractivity contribution in [2.75, 3.05) is 20.3 Å². The Morgan fingerprint density at radius 3 is 1.74 bits per heavy atom. The first kappa shape index (κ1) is 28.0. The van der Waals surface area contributed by atoms with Gasteiger partial charge in [0.05, 0.1) is 39.6 Å². The van der Waals surface area contributed by atoms with Crippen LogP contribution in [-0.4, -0.2) is 50.9 Å². The number of methoxy groups -OCH3 is 1. The number of esters is 1. The molecule has 202 valence electrons. The maximum Gasteiger partial charge on any atom is 0.331 e. The Bertz CT molecular complexity index is 1080. The molecule has 0 spiro atoms. The molecule has 1 saturated heterocycles. The summed E-state index contributed by atoms with van der Waals surface area (Å²) >= 11 is 0. The lowest BCUT2D eigenvalue weighted by atomic mass is 9.90. The summed E-state index contributed by atoms with van der Waals surface area (Å²) < 4.78 is 35.9. The van der Waals surface area contributed by atoms with Gasteiger partial charge in [0.2, 0.25) is 0 Å². The molecule has 5 atom stereocenters. The third-order valence-electron chi connectivity index (χ3n) is 6.54. The molecular weight excluding hydrogens is 484 g/mol.